The lowest BCUT2D eigenvalue weighted by atomic mass is 10.3. The predicted molar refractivity (Wildman–Crippen MR) is 80.9 cm³/mol. The van der Waals surface area contributed by atoms with Gasteiger partial charge in [-0.15, -0.1) is 0 Å². The molecule has 1 aromatic rings. The van der Waals surface area contributed by atoms with Crippen LogP contribution in [0.3, 0.4) is 0 Å². The first kappa shape index (κ1) is 14.8. The molecule has 0 bridgehead atoms. The lowest BCUT2D eigenvalue weighted by Crippen LogP contribution is -2.28. The van der Waals surface area contributed by atoms with Gasteiger partial charge in [-0.1, -0.05) is 0 Å². The van der Waals surface area contributed by atoms with Crippen LogP contribution in [0.2, 0.25) is 0 Å². The first-order valence-electron chi connectivity index (χ1n) is 7.51. The van der Waals surface area contributed by atoms with Crippen molar-refractivity contribution in [3.05, 3.63) is 24.3 Å². The quantitative estimate of drug-likeness (QED) is 0.741. The van der Waals surface area contributed by atoms with Crippen LogP contribution in [0, 0.1) is 0 Å². The van der Waals surface area contributed by atoms with Crippen LogP contribution < -0.4 is 10.1 Å². The Morgan fingerprint density at radius 1 is 1.19 bits per heavy atom. The summed E-state index contributed by atoms with van der Waals surface area (Å²) in [6.07, 6.45) is 4.46. The summed E-state index contributed by atoms with van der Waals surface area (Å²) >= 11 is 0. The fourth-order valence-corrected chi connectivity index (χ4v) is 3.64. The molecule has 116 valence electrons. The van der Waals surface area contributed by atoms with Gasteiger partial charge >= 0.3 is 0 Å². The largest absolute Gasteiger partial charge is 0.492 e. The fraction of sp³-hybridized carbons (Fsp3) is 0.600. The highest BCUT2D eigenvalue weighted by Crippen LogP contribution is 2.30. The van der Waals surface area contributed by atoms with E-state index in [0.717, 1.165) is 19.4 Å². The average molecular weight is 310 g/mol. The van der Waals surface area contributed by atoms with Gasteiger partial charge in [0.25, 0.3) is 0 Å². The molecule has 0 amide bonds. The maximum Gasteiger partial charge on any atom is 0.243 e. The molecule has 21 heavy (non-hydrogen) atoms. The SMILES string of the molecule is CN(C1CC1)S(=O)(=O)c1ccc(OCCNC2CC2)cc1. The smallest absolute Gasteiger partial charge is 0.243 e. The van der Waals surface area contributed by atoms with Gasteiger partial charge in [0.2, 0.25) is 10.0 Å². The molecule has 0 atom stereocenters. The van der Waals surface area contributed by atoms with E-state index < -0.39 is 10.0 Å². The Kier molecular flexibility index (Phi) is 4.19. The molecular weight excluding hydrogens is 288 g/mol. The number of nitrogens with one attached hydrogen (secondary N) is 1. The molecule has 0 heterocycles. The Balaban J connectivity index is 1.55. The summed E-state index contributed by atoms with van der Waals surface area (Å²) in [4.78, 5) is 0.334. The molecule has 5 nitrogen and oxygen atoms in total. The Labute approximate surface area is 126 Å². The number of benzene rings is 1. The van der Waals surface area contributed by atoms with Crippen molar-refractivity contribution in [1.82, 2.24) is 9.62 Å². The molecule has 2 saturated carbocycles. The van der Waals surface area contributed by atoms with Crippen molar-refractivity contribution >= 4 is 10.0 Å². The number of ether oxygens (including phenoxy) is 1. The number of nitrogens with zero attached hydrogens (tertiary/aromatic N) is 1. The highest BCUT2D eigenvalue weighted by Gasteiger charge is 2.34. The highest BCUT2D eigenvalue weighted by molar-refractivity contribution is 7.89. The Hall–Kier alpha value is -1.11. The predicted octanol–water partition coefficient (Wildman–Crippen LogP) is 1.60. The molecule has 6 heteroatoms. The molecule has 3 rings (SSSR count). The maximum absolute atomic E-state index is 12.3. The van der Waals surface area contributed by atoms with Crippen molar-refractivity contribution in [2.45, 2.75) is 42.7 Å². The van der Waals surface area contributed by atoms with Crippen LogP contribution in [-0.4, -0.2) is 45.0 Å². The van der Waals surface area contributed by atoms with Crippen LogP contribution in [0.1, 0.15) is 25.7 Å². The minimum Gasteiger partial charge on any atom is -0.492 e. The van der Waals surface area contributed by atoms with Crippen LogP contribution in [-0.2, 0) is 10.0 Å². The summed E-state index contributed by atoms with van der Waals surface area (Å²) in [7, 11) is -1.70. The van der Waals surface area contributed by atoms with Gasteiger partial charge < -0.3 is 10.1 Å². The van der Waals surface area contributed by atoms with Crippen molar-refractivity contribution in [2.24, 2.45) is 0 Å². The molecule has 2 aliphatic carbocycles. The second-order valence-corrected chi connectivity index (χ2v) is 7.80. The molecule has 1 aromatic carbocycles. The molecule has 0 saturated heterocycles. The van der Waals surface area contributed by atoms with Gasteiger partial charge in [0.15, 0.2) is 0 Å². The average Bonchev–Trinajstić information content (AvgIpc) is 3.37. The van der Waals surface area contributed by atoms with Crippen LogP contribution >= 0.6 is 0 Å². The monoisotopic (exact) mass is 310 g/mol. The van der Waals surface area contributed by atoms with Gasteiger partial charge in [0.05, 0.1) is 4.90 Å². The van der Waals surface area contributed by atoms with Gasteiger partial charge in [-0.25, -0.2) is 8.42 Å². The Morgan fingerprint density at radius 2 is 1.86 bits per heavy atom. The van der Waals surface area contributed by atoms with E-state index in [2.05, 4.69) is 5.32 Å². The summed E-state index contributed by atoms with van der Waals surface area (Å²) < 4.78 is 31.8. The van der Waals surface area contributed by atoms with Crippen molar-refractivity contribution in [1.29, 1.82) is 0 Å². The third kappa shape index (κ3) is 3.75. The zero-order valence-electron chi connectivity index (χ0n) is 12.3. The normalized spacial score (nSPS) is 19.0. The second-order valence-electron chi connectivity index (χ2n) is 5.80. The standard InChI is InChI=1S/C15H22N2O3S/c1-17(13-4-5-13)21(18,19)15-8-6-14(7-9-15)20-11-10-16-12-2-3-12/h6-9,12-13,16H,2-5,10-11H2,1H3. The molecule has 0 aromatic heterocycles. The highest BCUT2D eigenvalue weighted by atomic mass is 32.2. The second kappa shape index (κ2) is 5.94. The van der Waals surface area contributed by atoms with E-state index in [9.17, 15) is 8.42 Å². The van der Waals surface area contributed by atoms with Gasteiger partial charge in [0, 0.05) is 25.7 Å². The molecule has 2 fully saturated rings. The first-order chi connectivity index (χ1) is 10.1. The van der Waals surface area contributed by atoms with Crippen LogP contribution in [0.15, 0.2) is 29.2 Å². The lowest BCUT2D eigenvalue weighted by Gasteiger charge is -2.16. The third-order valence-electron chi connectivity index (χ3n) is 3.94. The minimum atomic E-state index is -3.36. The summed E-state index contributed by atoms with van der Waals surface area (Å²) in [6.45, 7) is 1.43. The zero-order chi connectivity index (χ0) is 14.9. The molecule has 0 aliphatic heterocycles. The maximum atomic E-state index is 12.3. The fourth-order valence-electron chi connectivity index (χ4n) is 2.23. The molecular formula is C15H22N2O3S. The summed E-state index contributed by atoms with van der Waals surface area (Å²) in [5.41, 5.74) is 0. The zero-order valence-corrected chi connectivity index (χ0v) is 13.1. The number of sulfonamides is 1. The van der Waals surface area contributed by atoms with Crippen LogP contribution in [0.5, 0.6) is 5.75 Å². The van der Waals surface area contributed by atoms with Crippen molar-refractivity contribution in [3.63, 3.8) is 0 Å². The van der Waals surface area contributed by atoms with E-state index in [0.29, 0.717) is 23.3 Å². The lowest BCUT2D eigenvalue weighted by molar-refractivity contribution is 0.313. The van der Waals surface area contributed by atoms with E-state index in [4.69, 9.17) is 4.74 Å². The summed E-state index contributed by atoms with van der Waals surface area (Å²) in [5, 5.41) is 3.37. The molecule has 0 unspecified atom stereocenters. The van der Waals surface area contributed by atoms with Gasteiger partial charge in [-0.05, 0) is 49.9 Å². The van der Waals surface area contributed by atoms with E-state index in [1.807, 2.05) is 0 Å². The summed E-state index contributed by atoms with van der Waals surface area (Å²) in [5.74, 6) is 0.709. The number of hydrogen-bond acceptors (Lipinski definition) is 4. The van der Waals surface area contributed by atoms with Gasteiger partial charge in [-0.3, -0.25) is 0 Å². The number of hydrogen-bond donors (Lipinski definition) is 1. The van der Waals surface area contributed by atoms with Gasteiger partial charge in [0.1, 0.15) is 12.4 Å². The number of rotatable bonds is 8. The Bertz CT molecular complexity index is 577. The Morgan fingerprint density at radius 3 is 2.43 bits per heavy atom. The molecule has 2 aliphatic rings. The minimum absolute atomic E-state index is 0.180. The van der Waals surface area contributed by atoms with Crippen LogP contribution in [0.25, 0.3) is 0 Å². The van der Waals surface area contributed by atoms with Crippen molar-refractivity contribution < 1.29 is 13.2 Å². The molecule has 0 radical (unpaired) electrons. The van der Waals surface area contributed by atoms with Gasteiger partial charge in [-0.2, -0.15) is 4.31 Å². The summed E-state index contributed by atoms with van der Waals surface area (Å²) in [6, 6.07) is 7.56. The van der Waals surface area contributed by atoms with E-state index in [1.54, 1.807) is 31.3 Å². The third-order valence-corrected chi connectivity index (χ3v) is 5.87. The van der Waals surface area contributed by atoms with E-state index in [-0.39, 0.29) is 6.04 Å². The van der Waals surface area contributed by atoms with E-state index in [1.165, 1.54) is 17.1 Å². The molecule has 0 spiro atoms. The van der Waals surface area contributed by atoms with Crippen molar-refractivity contribution in [2.75, 3.05) is 20.2 Å². The first-order valence-corrected chi connectivity index (χ1v) is 8.95. The molecule has 1 N–H and O–H groups in total. The topological polar surface area (TPSA) is 58.6 Å². The van der Waals surface area contributed by atoms with Crippen LogP contribution in [0.4, 0.5) is 0 Å². The van der Waals surface area contributed by atoms with E-state index >= 15 is 0 Å². The van der Waals surface area contributed by atoms with Crippen molar-refractivity contribution in [3.8, 4) is 5.75 Å².